The minimum absolute atomic E-state index is 0.0613. The van der Waals surface area contributed by atoms with Crippen LogP contribution in [0, 0.1) is 5.41 Å². The van der Waals surface area contributed by atoms with Gasteiger partial charge in [-0.05, 0) is 5.41 Å². The van der Waals surface area contributed by atoms with Gasteiger partial charge in [-0.2, -0.15) is 13.2 Å². The molecule has 0 bridgehead atoms. The number of carbonyl (C=O) groups excluding carboxylic acids is 2. The summed E-state index contributed by atoms with van der Waals surface area (Å²) < 4.78 is 36.7. The van der Waals surface area contributed by atoms with Crippen LogP contribution in [0.4, 0.5) is 13.2 Å². The third-order valence-corrected chi connectivity index (χ3v) is 2.84. The van der Waals surface area contributed by atoms with Crippen LogP contribution in [-0.2, 0) is 9.59 Å². The summed E-state index contributed by atoms with van der Waals surface area (Å²) in [4.78, 5) is 25.2. The number of piperazine rings is 1. The largest absolute Gasteiger partial charge is 0.471 e. The molecule has 1 saturated heterocycles. The normalized spacial score (nSPS) is 17.6. The molecule has 0 radical (unpaired) electrons. The highest BCUT2D eigenvalue weighted by molar-refractivity contribution is 5.82. The molecule has 1 heterocycles. The van der Waals surface area contributed by atoms with Gasteiger partial charge in [-0.25, -0.2) is 0 Å². The van der Waals surface area contributed by atoms with Gasteiger partial charge < -0.3 is 9.80 Å². The third kappa shape index (κ3) is 4.72. The second kappa shape index (κ2) is 5.38. The summed E-state index contributed by atoms with van der Waals surface area (Å²) in [6.07, 6.45) is -4.49. The standard InChI is InChI=1S/C12H19F3N2O2/c1-11(2,3)8-9(18)16-4-6-17(7-5-16)10(19)12(13,14)15/h4-8H2,1-3H3. The number of hydrogen-bond donors (Lipinski definition) is 0. The Morgan fingerprint density at radius 2 is 1.37 bits per heavy atom. The Balaban J connectivity index is 2.50. The Labute approximate surface area is 110 Å². The second-order valence-electron chi connectivity index (χ2n) is 5.91. The lowest BCUT2D eigenvalue weighted by atomic mass is 9.91. The zero-order chi connectivity index (χ0) is 14.8. The molecule has 0 aromatic carbocycles. The maximum absolute atomic E-state index is 12.2. The summed E-state index contributed by atoms with van der Waals surface area (Å²) >= 11 is 0. The van der Waals surface area contributed by atoms with Crippen LogP contribution in [0.3, 0.4) is 0 Å². The van der Waals surface area contributed by atoms with E-state index in [9.17, 15) is 22.8 Å². The Morgan fingerprint density at radius 1 is 0.947 bits per heavy atom. The lowest BCUT2D eigenvalue weighted by Crippen LogP contribution is -2.53. The van der Waals surface area contributed by atoms with Crippen LogP contribution in [0.15, 0.2) is 0 Å². The van der Waals surface area contributed by atoms with Crippen LogP contribution in [-0.4, -0.2) is 54.0 Å². The Bertz CT molecular complexity index is 353. The molecule has 0 atom stereocenters. The van der Waals surface area contributed by atoms with Crippen LogP contribution >= 0.6 is 0 Å². The first kappa shape index (κ1) is 15.8. The van der Waals surface area contributed by atoms with Gasteiger partial charge in [0.05, 0.1) is 0 Å². The van der Waals surface area contributed by atoms with E-state index >= 15 is 0 Å². The van der Waals surface area contributed by atoms with Crippen molar-refractivity contribution < 1.29 is 22.8 Å². The maximum atomic E-state index is 12.2. The van der Waals surface area contributed by atoms with Gasteiger partial charge >= 0.3 is 12.1 Å². The van der Waals surface area contributed by atoms with E-state index < -0.39 is 12.1 Å². The smallest absolute Gasteiger partial charge is 0.339 e. The molecule has 0 N–H and O–H groups in total. The lowest BCUT2D eigenvalue weighted by Gasteiger charge is -2.36. The summed E-state index contributed by atoms with van der Waals surface area (Å²) in [7, 11) is 0. The number of nitrogens with zero attached hydrogens (tertiary/aromatic N) is 2. The van der Waals surface area contributed by atoms with Crippen LogP contribution in [0.25, 0.3) is 0 Å². The molecule has 1 aliphatic rings. The Hall–Kier alpha value is -1.27. The predicted octanol–water partition coefficient (Wildman–Crippen LogP) is 1.66. The third-order valence-electron chi connectivity index (χ3n) is 2.84. The molecule has 0 spiro atoms. The molecule has 7 heteroatoms. The van der Waals surface area contributed by atoms with E-state index in [2.05, 4.69) is 0 Å². The van der Waals surface area contributed by atoms with Gasteiger partial charge in [0.25, 0.3) is 0 Å². The SMILES string of the molecule is CC(C)(C)CC(=O)N1CCN(C(=O)C(F)(F)F)CC1. The van der Waals surface area contributed by atoms with Crippen molar-refractivity contribution in [1.29, 1.82) is 0 Å². The molecule has 0 saturated carbocycles. The van der Waals surface area contributed by atoms with Gasteiger partial charge in [0, 0.05) is 32.6 Å². The van der Waals surface area contributed by atoms with Crippen molar-refractivity contribution in [2.45, 2.75) is 33.4 Å². The van der Waals surface area contributed by atoms with Gasteiger partial charge in [0.1, 0.15) is 0 Å². The van der Waals surface area contributed by atoms with Crippen molar-refractivity contribution in [2.24, 2.45) is 5.41 Å². The Morgan fingerprint density at radius 3 is 1.74 bits per heavy atom. The van der Waals surface area contributed by atoms with E-state index in [0.29, 0.717) is 6.42 Å². The van der Waals surface area contributed by atoms with Crippen molar-refractivity contribution in [2.75, 3.05) is 26.2 Å². The van der Waals surface area contributed by atoms with E-state index in [1.54, 1.807) is 0 Å². The second-order valence-corrected chi connectivity index (χ2v) is 5.91. The minimum atomic E-state index is -4.84. The van der Waals surface area contributed by atoms with Crippen molar-refractivity contribution in [1.82, 2.24) is 9.80 Å². The molecule has 2 amide bonds. The molecule has 0 aromatic heterocycles. The van der Waals surface area contributed by atoms with Gasteiger partial charge in [-0.15, -0.1) is 0 Å². The van der Waals surface area contributed by atoms with Gasteiger partial charge in [-0.3, -0.25) is 9.59 Å². The highest BCUT2D eigenvalue weighted by atomic mass is 19.4. The highest BCUT2D eigenvalue weighted by Gasteiger charge is 2.43. The molecule has 0 unspecified atom stereocenters. The van der Waals surface area contributed by atoms with Crippen LogP contribution < -0.4 is 0 Å². The molecule has 1 aliphatic heterocycles. The quantitative estimate of drug-likeness (QED) is 0.733. The summed E-state index contributed by atoms with van der Waals surface area (Å²) in [5.41, 5.74) is -0.157. The number of hydrogen-bond acceptors (Lipinski definition) is 2. The average molecular weight is 280 g/mol. The van der Waals surface area contributed by atoms with Crippen LogP contribution in [0.2, 0.25) is 0 Å². The molecule has 4 nitrogen and oxygen atoms in total. The first-order valence-corrected chi connectivity index (χ1v) is 6.14. The molecular formula is C12H19F3N2O2. The average Bonchev–Trinajstić information content (AvgIpc) is 2.24. The summed E-state index contributed by atoms with van der Waals surface area (Å²) in [5, 5.41) is 0. The fourth-order valence-corrected chi connectivity index (χ4v) is 1.90. The number of halogens is 3. The molecule has 0 aromatic rings. The number of amides is 2. The highest BCUT2D eigenvalue weighted by Crippen LogP contribution is 2.22. The van der Waals surface area contributed by atoms with E-state index in [1.807, 2.05) is 20.8 Å². The fourth-order valence-electron chi connectivity index (χ4n) is 1.90. The minimum Gasteiger partial charge on any atom is -0.339 e. The van der Waals surface area contributed by atoms with Gasteiger partial charge in [-0.1, -0.05) is 20.8 Å². The number of alkyl halides is 3. The molecular weight excluding hydrogens is 261 g/mol. The molecule has 1 fully saturated rings. The molecule has 110 valence electrons. The summed E-state index contributed by atoms with van der Waals surface area (Å²) in [5.74, 6) is -1.90. The number of rotatable bonds is 1. The topological polar surface area (TPSA) is 40.6 Å². The van der Waals surface area contributed by atoms with Gasteiger partial charge in [0.2, 0.25) is 5.91 Å². The zero-order valence-electron chi connectivity index (χ0n) is 11.4. The predicted molar refractivity (Wildman–Crippen MR) is 63.3 cm³/mol. The van der Waals surface area contributed by atoms with Crippen molar-refractivity contribution >= 4 is 11.8 Å². The zero-order valence-corrected chi connectivity index (χ0v) is 11.4. The van der Waals surface area contributed by atoms with Crippen LogP contribution in [0.1, 0.15) is 27.2 Å². The molecule has 1 rings (SSSR count). The lowest BCUT2D eigenvalue weighted by molar-refractivity contribution is -0.187. The van der Waals surface area contributed by atoms with Crippen molar-refractivity contribution in [3.8, 4) is 0 Å². The van der Waals surface area contributed by atoms with Gasteiger partial charge in [0.15, 0.2) is 0 Å². The first-order valence-electron chi connectivity index (χ1n) is 6.14. The summed E-state index contributed by atoms with van der Waals surface area (Å²) in [6, 6.07) is 0. The fraction of sp³-hybridized carbons (Fsp3) is 0.833. The number of carbonyl (C=O) groups is 2. The molecule has 19 heavy (non-hydrogen) atoms. The molecule has 0 aliphatic carbocycles. The Kier molecular flexibility index (Phi) is 4.47. The van der Waals surface area contributed by atoms with Crippen LogP contribution in [0.5, 0.6) is 0 Å². The van der Waals surface area contributed by atoms with E-state index in [4.69, 9.17) is 0 Å². The van der Waals surface area contributed by atoms with E-state index in [1.165, 1.54) is 4.90 Å². The monoisotopic (exact) mass is 280 g/mol. The summed E-state index contributed by atoms with van der Waals surface area (Å²) in [6.45, 7) is 5.98. The maximum Gasteiger partial charge on any atom is 0.471 e. The van der Waals surface area contributed by atoms with E-state index in [-0.39, 0.29) is 37.5 Å². The van der Waals surface area contributed by atoms with Crippen molar-refractivity contribution in [3.05, 3.63) is 0 Å². The first-order chi connectivity index (χ1) is 8.50. The van der Waals surface area contributed by atoms with E-state index in [0.717, 1.165) is 4.90 Å². The van der Waals surface area contributed by atoms with Crippen molar-refractivity contribution in [3.63, 3.8) is 0 Å².